The van der Waals surface area contributed by atoms with Crippen LogP contribution in [0.5, 0.6) is 5.75 Å². The summed E-state index contributed by atoms with van der Waals surface area (Å²) in [6, 6.07) is 20.9. The van der Waals surface area contributed by atoms with E-state index in [1.807, 2.05) is 37.4 Å². The maximum atomic E-state index is 13.7. The van der Waals surface area contributed by atoms with Crippen molar-refractivity contribution in [2.24, 2.45) is 5.92 Å². The number of amides is 1. The lowest BCUT2D eigenvalue weighted by Crippen LogP contribution is -2.40. The SMILES string of the molecule is CCOC1OC(C(=O)NCCc2c[nH]c3ccc(OC)cc23)=CC(c2cccc3c2Cc2ccccc2-3)C1CCOCCOCCO. The third-order valence-corrected chi connectivity index (χ3v) is 9.04. The zero-order valence-electron chi connectivity index (χ0n) is 27.1. The zero-order valence-corrected chi connectivity index (χ0v) is 27.1. The molecule has 1 aliphatic heterocycles. The largest absolute Gasteiger partial charge is 0.497 e. The fourth-order valence-corrected chi connectivity index (χ4v) is 6.78. The lowest BCUT2D eigenvalue weighted by molar-refractivity contribution is -0.168. The Bertz CT molecular complexity index is 1700. The van der Waals surface area contributed by atoms with E-state index in [0.717, 1.165) is 28.6 Å². The van der Waals surface area contributed by atoms with E-state index in [1.165, 1.54) is 27.8 Å². The fraction of sp³-hybridized carbons (Fsp3) is 0.395. The number of carbonyl (C=O) groups is 1. The third kappa shape index (κ3) is 7.39. The number of aromatic amines is 1. The van der Waals surface area contributed by atoms with Gasteiger partial charge in [-0.25, -0.2) is 0 Å². The standard InChI is InChI=1S/C38H44N2O7/c1-3-46-38-31(14-17-44-19-20-45-18-16-41)34(30-10-6-9-29-28-8-5-4-7-25(28)21-33(29)30)23-36(47-38)37(42)39-15-13-26-24-40-35-12-11-27(43-2)22-32(26)35/h4-12,22-24,31,34,38,40-41H,3,13-21H2,1-2H3,(H,39,42). The van der Waals surface area contributed by atoms with E-state index < -0.39 is 6.29 Å². The van der Waals surface area contributed by atoms with Crippen LogP contribution in [-0.2, 0) is 36.6 Å². The van der Waals surface area contributed by atoms with Crippen molar-refractivity contribution in [2.45, 2.75) is 38.4 Å². The molecule has 0 saturated carbocycles. The van der Waals surface area contributed by atoms with E-state index in [9.17, 15) is 4.79 Å². The van der Waals surface area contributed by atoms with Crippen molar-refractivity contribution in [3.8, 4) is 16.9 Å². The first-order chi connectivity index (χ1) is 23.1. The minimum atomic E-state index is -0.620. The van der Waals surface area contributed by atoms with E-state index in [0.29, 0.717) is 52.4 Å². The highest BCUT2D eigenvalue weighted by Crippen LogP contribution is 2.45. The second kappa shape index (κ2) is 15.6. The Labute approximate surface area is 275 Å². The zero-order chi connectivity index (χ0) is 32.6. The van der Waals surface area contributed by atoms with Gasteiger partial charge in [-0.05, 0) is 83.8 Å². The first-order valence-corrected chi connectivity index (χ1v) is 16.5. The number of benzene rings is 3. The van der Waals surface area contributed by atoms with Gasteiger partial charge in [0.2, 0.25) is 6.29 Å². The van der Waals surface area contributed by atoms with Gasteiger partial charge >= 0.3 is 0 Å². The third-order valence-electron chi connectivity index (χ3n) is 9.04. The molecular formula is C38H44N2O7. The van der Waals surface area contributed by atoms with E-state index in [2.05, 4.69) is 52.8 Å². The van der Waals surface area contributed by atoms with Crippen LogP contribution < -0.4 is 10.1 Å². The van der Waals surface area contributed by atoms with Gasteiger partial charge in [-0.3, -0.25) is 4.79 Å². The highest BCUT2D eigenvalue weighted by molar-refractivity contribution is 5.92. The van der Waals surface area contributed by atoms with Crippen molar-refractivity contribution >= 4 is 16.8 Å². The Morgan fingerprint density at radius 1 is 1.02 bits per heavy atom. The molecule has 3 aromatic carbocycles. The quantitative estimate of drug-likeness (QED) is 0.122. The van der Waals surface area contributed by atoms with Crippen molar-refractivity contribution < 1.29 is 33.6 Å². The summed E-state index contributed by atoms with van der Waals surface area (Å²) in [6.45, 7) is 4.44. The number of hydrogen-bond donors (Lipinski definition) is 3. The molecule has 0 bridgehead atoms. The summed E-state index contributed by atoms with van der Waals surface area (Å²) < 4.78 is 29.2. The van der Waals surface area contributed by atoms with Gasteiger partial charge in [-0.1, -0.05) is 42.5 Å². The van der Waals surface area contributed by atoms with Crippen LogP contribution >= 0.6 is 0 Å². The molecule has 9 nitrogen and oxygen atoms in total. The molecule has 2 aliphatic rings. The number of rotatable bonds is 16. The topological polar surface area (TPSA) is 111 Å². The van der Waals surface area contributed by atoms with Gasteiger partial charge in [0.15, 0.2) is 5.76 Å². The average Bonchev–Trinajstić information content (AvgIpc) is 3.69. The van der Waals surface area contributed by atoms with Crippen LogP contribution in [0.2, 0.25) is 0 Å². The lowest BCUT2D eigenvalue weighted by atomic mass is 9.78. The van der Waals surface area contributed by atoms with Crippen LogP contribution in [0.25, 0.3) is 22.0 Å². The van der Waals surface area contributed by atoms with Crippen LogP contribution in [0.3, 0.4) is 0 Å². The number of fused-ring (bicyclic) bond motifs is 4. The molecule has 47 heavy (non-hydrogen) atoms. The van der Waals surface area contributed by atoms with Gasteiger partial charge in [0.1, 0.15) is 5.75 Å². The molecule has 1 aromatic heterocycles. The molecule has 0 saturated heterocycles. The molecule has 0 fully saturated rings. The average molecular weight is 641 g/mol. The Morgan fingerprint density at radius 2 is 1.85 bits per heavy atom. The molecule has 0 radical (unpaired) electrons. The maximum Gasteiger partial charge on any atom is 0.286 e. The number of methoxy groups -OCH3 is 1. The first kappa shape index (κ1) is 32.8. The van der Waals surface area contributed by atoms with Crippen molar-refractivity contribution in [3.63, 3.8) is 0 Å². The van der Waals surface area contributed by atoms with E-state index >= 15 is 0 Å². The number of aliphatic hydroxyl groups excluding tert-OH is 1. The molecule has 2 heterocycles. The monoisotopic (exact) mass is 640 g/mol. The number of nitrogens with one attached hydrogen (secondary N) is 2. The van der Waals surface area contributed by atoms with Crippen LogP contribution in [0.1, 0.15) is 41.5 Å². The second-order valence-electron chi connectivity index (χ2n) is 11.8. The summed E-state index contributed by atoms with van der Waals surface area (Å²) in [7, 11) is 1.66. The van der Waals surface area contributed by atoms with Gasteiger partial charge in [0.05, 0.1) is 33.5 Å². The van der Waals surface area contributed by atoms with Gasteiger partial charge in [-0.15, -0.1) is 0 Å². The summed E-state index contributed by atoms with van der Waals surface area (Å²) in [4.78, 5) is 17.0. The molecule has 248 valence electrons. The highest BCUT2D eigenvalue weighted by Gasteiger charge is 2.39. The minimum absolute atomic E-state index is 0.0110. The summed E-state index contributed by atoms with van der Waals surface area (Å²) in [5.41, 5.74) is 8.40. The van der Waals surface area contributed by atoms with Crippen molar-refractivity contribution in [1.82, 2.24) is 10.3 Å². The summed E-state index contributed by atoms with van der Waals surface area (Å²) >= 11 is 0. The van der Waals surface area contributed by atoms with E-state index in [4.69, 9.17) is 28.8 Å². The van der Waals surface area contributed by atoms with E-state index in [-0.39, 0.29) is 30.1 Å². The van der Waals surface area contributed by atoms with Crippen molar-refractivity contribution in [3.05, 3.63) is 101 Å². The molecule has 4 aromatic rings. The molecule has 3 unspecified atom stereocenters. The maximum absolute atomic E-state index is 13.7. The number of ether oxygens (including phenoxy) is 5. The Balaban J connectivity index is 1.23. The van der Waals surface area contributed by atoms with Gasteiger partial charge in [-0.2, -0.15) is 0 Å². The Morgan fingerprint density at radius 3 is 2.68 bits per heavy atom. The first-order valence-electron chi connectivity index (χ1n) is 16.5. The molecule has 1 amide bonds. The number of aliphatic hydroxyl groups is 1. The minimum Gasteiger partial charge on any atom is -0.497 e. The molecule has 9 heteroatoms. The predicted molar refractivity (Wildman–Crippen MR) is 180 cm³/mol. The van der Waals surface area contributed by atoms with Crippen LogP contribution in [0.15, 0.2) is 78.7 Å². The fourth-order valence-electron chi connectivity index (χ4n) is 6.78. The molecule has 0 spiro atoms. The molecule has 1 aliphatic carbocycles. The van der Waals surface area contributed by atoms with Crippen LogP contribution in [0.4, 0.5) is 0 Å². The Kier molecular flexibility index (Phi) is 10.9. The molecule has 3 N–H and O–H groups in total. The highest BCUT2D eigenvalue weighted by atomic mass is 16.7. The van der Waals surface area contributed by atoms with E-state index in [1.54, 1.807) is 7.11 Å². The van der Waals surface area contributed by atoms with Gasteiger partial charge < -0.3 is 39.1 Å². The van der Waals surface area contributed by atoms with Gasteiger partial charge in [0.25, 0.3) is 5.91 Å². The van der Waals surface area contributed by atoms with Crippen LogP contribution in [-0.4, -0.2) is 75.6 Å². The molecule has 3 atom stereocenters. The number of hydrogen-bond acceptors (Lipinski definition) is 7. The number of aromatic nitrogens is 1. The second-order valence-corrected chi connectivity index (χ2v) is 11.8. The number of allylic oxidation sites excluding steroid dienone is 1. The number of H-pyrrole nitrogens is 1. The normalized spacial score (nSPS) is 18.4. The van der Waals surface area contributed by atoms with Crippen LogP contribution in [0, 0.1) is 5.92 Å². The van der Waals surface area contributed by atoms with Crippen molar-refractivity contribution in [2.75, 3.05) is 53.3 Å². The summed E-state index contributed by atoms with van der Waals surface area (Å²) in [6.07, 6.45) is 5.50. The number of carbonyl (C=O) groups excluding carboxylic acids is 1. The molecule has 6 rings (SSSR count). The Hall–Kier alpha value is -4.15. The summed E-state index contributed by atoms with van der Waals surface area (Å²) in [5, 5.41) is 13.1. The summed E-state index contributed by atoms with van der Waals surface area (Å²) in [5.74, 6) is 0.601. The van der Waals surface area contributed by atoms with Gasteiger partial charge in [0, 0.05) is 48.7 Å². The smallest absolute Gasteiger partial charge is 0.286 e. The molecular weight excluding hydrogens is 596 g/mol. The predicted octanol–water partition coefficient (Wildman–Crippen LogP) is 5.50. The van der Waals surface area contributed by atoms with Crippen molar-refractivity contribution in [1.29, 1.82) is 0 Å². The lowest BCUT2D eigenvalue weighted by Gasteiger charge is -2.37.